The lowest BCUT2D eigenvalue weighted by atomic mass is 10.00. The van der Waals surface area contributed by atoms with Crippen molar-refractivity contribution < 1.29 is 14.3 Å². The zero-order valence-corrected chi connectivity index (χ0v) is 14.8. The van der Waals surface area contributed by atoms with Crippen LogP contribution in [0.3, 0.4) is 0 Å². The molecule has 0 spiro atoms. The van der Waals surface area contributed by atoms with Crippen LogP contribution in [0.5, 0.6) is 11.5 Å². The minimum Gasteiger partial charge on any atom is -0.454 e. The Hall–Kier alpha value is -2.80. The average molecular weight is 367 g/mol. The minimum atomic E-state index is 0.0102. The van der Waals surface area contributed by atoms with Crippen molar-refractivity contribution in [2.75, 3.05) is 24.8 Å². The number of nitrogens with zero attached hydrogens (tertiary/aromatic N) is 2. The number of anilines is 1. The zero-order valence-electron chi connectivity index (χ0n) is 14.0. The quantitative estimate of drug-likeness (QED) is 0.768. The van der Waals surface area contributed by atoms with Crippen molar-refractivity contribution in [2.24, 2.45) is 5.92 Å². The summed E-state index contributed by atoms with van der Waals surface area (Å²) in [5.74, 6) is 1.59. The maximum Gasteiger partial charge on any atom is 0.231 e. The number of carbonyl (C=O) groups excluding carboxylic acids is 1. The van der Waals surface area contributed by atoms with E-state index >= 15 is 0 Å². The second-order valence-electron chi connectivity index (χ2n) is 6.47. The van der Waals surface area contributed by atoms with Crippen LogP contribution in [-0.4, -0.2) is 30.8 Å². The molecule has 1 fully saturated rings. The van der Waals surface area contributed by atoms with Crippen molar-refractivity contribution in [3.8, 4) is 11.5 Å². The number of fused-ring (bicyclic) bond motifs is 2. The zero-order chi connectivity index (χ0) is 17.5. The first-order chi connectivity index (χ1) is 12.8. The Bertz CT molecular complexity index is 948. The molecule has 1 amide bonds. The van der Waals surface area contributed by atoms with E-state index in [9.17, 15) is 4.79 Å². The number of rotatable bonds is 4. The van der Waals surface area contributed by atoms with Gasteiger partial charge in [0.05, 0.1) is 16.1 Å². The molecule has 2 aliphatic heterocycles. The van der Waals surface area contributed by atoms with Crippen LogP contribution >= 0.6 is 11.3 Å². The third-order valence-electron chi connectivity index (χ3n) is 4.71. The van der Waals surface area contributed by atoms with Gasteiger partial charge in [0, 0.05) is 19.6 Å². The van der Waals surface area contributed by atoms with Gasteiger partial charge in [-0.25, -0.2) is 4.98 Å². The van der Waals surface area contributed by atoms with Crippen molar-refractivity contribution in [3.05, 3.63) is 48.0 Å². The lowest BCUT2D eigenvalue weighted by Gasteiger charge is -2.37. The van der Waals surface area contributed by atoms with Crippen LogP contribution in [0, 0.1) is 5.92 Å². The lowest BCUT2D eigenvalue weighted by Crippen LogP contribution is -2.53. The predicted molar refractivity (Wildman–Crippen MR) is 99.7 cm³/mol. The fourth-order valence-electron chi connectivity index (χ4n) is 3.18. The van der Waals surface area contributed by atoms with E-state index in [1.165, 1.54) is 4.70 Å². The van der Waals surface area contributed by atoms with Gasteiger partial charge >= 0.3 is 0 Å². The van der Waals surface area contributed by atoms with Gasteiger partial charge in [0.1, 0.15) is 0 Å². The third kappa shape index (κ3) is 2.74. The Kier molecular flexibility index (Phi) is 3.67. The molecule has 1 aromatic heterocycles. The summed E-state index contributed by atoms with van der Waals surface area (Å²) < 4.78 is 11.8. The molecule has 1 saturated heterocycles. The van der Waals surface area contributed by atoms with E-state index < -0.39 is 0 Å². The molecule has 2 aliphatic rings. The summed E-state index contributed by atoms with van der Waals surface area (Å²) in [7, 11) is 0. The summed E-state index contributed by atoms with van der Waals surface area (Å²) in [4.78, 5) is 19.2. The molecule has 1 N–H and O–H groups in total. The van der Waals surface area contributed by atoms with Gasteiger partial charge in [0.2, 0.25) is 12.7 Å². The third-order valence-corrected chi connectivity index (χ3v) is 5.81. The molecule has 5 rings (SSSR count). The van der Waals surface area contributed by atoms with Crippen LogP contribution in [0.1, 0.15) is 5.56 Å². The number of ether oxygens (including phenoxy) is 2. The summed E-state index contributed by atoms with van der Waals surface area (Å²) in [6, 6.07) is 13.8. The maximum atomic E-state index is 12.4. The van der Waals surface area contributed by atoms with Gasteiger partial charge in [-0.2, -0.15) is 0 Å². The average Bonchev–Trinajstić information content (AvgIpc) is 3.24. The van der Waals surface area contributed by atoms with E-state index in [1.54, 1.807) is 11.3 Å². The van der Waals surface area contributed by atoms with Crippen LogP contribution in [0.4, 0.5) is 5.13 Å². The lowest BCUT2D eigenvalue weighted by molar-refractivity contribution is -0.125. The number of carbonyl (C=O) groups is 1. The highest BCUT2D eigenvalue weighted by Gasteiger charge is 2.34. The number of para-hydroxylation sites is 1. The highest BCUT2D eigenvalue weighted by Crippen LogP contribution is 2.34. The highest BCUT2D eigenvalue weighted by atomic mass is 32.1. The number of thiazole rings is 1. The molecule has 7 heteroatoms. The van der Waals surface area contributed by atoms with Crippen LogP contribution in [0.25, 0.3) is 10.2 Å². The fraction of sp³-hybridized carbons (Fsp3) is 0.263. The molecule has 0 bridgehead atoms. The molecule has 132 valence electrons. The summed E-state index contributed by atoms with van der Waals surface area (Å²) in [6.45, 7) is 2.18. The highest BCUT2D eigenvalue weighted by molar-refractivity contribution is 7.22. The molecular formula is C19H17N3O3S. The number of aromatic nitrogens is 1. The molecule has 0 atom stereocenters. The molecule has 3 aromatic rings. The van der Waals surface area contributed by atoms with Crippen molar-refractivity contribution in [1.29, 1.82) is 0 Å². The topological polar surface area (TPSA) is 63.7 Å². The SMILES string of the molecule is O=C(NCc1ccc2c(c1)OCO2)C1CN(c2nc3ccccc3s2)C1. The molecule has 26 heavy (non-hydrogen) atoms. The predicted octanol–water partition coefficient (Wildman–Crippen LogP) is 2.78. The number of nitrogens with one attached hydrogen (secondary N) is 1. The second-order valence-corrected chi connectivity index (χ2v) is 7.48. The molecule has 0 radical (unpaired) electrons. The summed E-state index contributed by atoms with van der Waals surface area (Å²) in [5, 5.41) is 4.00. The molecular weight excluding hydrogens is 350 g/mol. The number of hydrogen-bond acceptors (Lipinski definition) is 6. The Labute approximate surface area is 154 Å². The van der Waals surface area contributed by atoms with E-state index in [0.717, 1.165) is 27.7 Å². The van der Waals surface area contributed by atoms with Crippen LogP contribution < -0.4 is 19.7 Å². The van der Waals surface area contributed by atoms with Crippen molar-refractivity contribution in [3.63, 3.8) is 0 Å². The standard InChI is InChI=1S/C19H17N3O3S/c23-18(20-8-12-5-6-15-16(7-12)25-11-24-15)13-9-22(10-13)19-21-14-3-1-2-4-17(14)26-19/h1-7,13H,8-11H2,(H,20,23). The van der Waals surface area contributed by atoms with Gasteiger partial charge in [-0.3, -0.25) is 4.79 Å². The Balaban J connectivity index is 1.16. The van der Waals surface area contributed by atoms with Gasteiger partial charge in [-0.1, -0.05) is 29.5 Å². The van der Waals surface area contributed by atoms with E-state index in [1.807, 2.05) is 36.4 Å². The number of amides is 1. The van der Waals surface area contributed by atoms with Gasteiger partial charge in [-0.05, 0) is 29.8 Å². The minimum absolute atomic E-state index is 0.0102. The smallest absolute Gasteiger partial charge is 0.231 e. The van der Waals surface area contributed by atoms with E-state index in [2.05, 4.69) is 21.3 Å². The van der Waals surface area contributed by atoms with Crippen molar-refractivity contribution in [1.82, 2.24) is 10.3 Å². The van der Waals surface area contributed by atoms with Crippen molar-refractivity contribution >= 4 is 32.6 Å². The molecule has 0 unspecified atom stereocenters. The van der Waals surface area contributed by atoms with Gasteiger partial charge in [-0.15, -0.1) is 0 Å². The second kappa shape index (κ2) is 6.17. The fourth-order valence-corrected chi connectivity index (χ4v) is 4.16. The van der Waals surface area contributed by atoms with E-state index in [-0.39, 0.29) is 18.6 Å². The van der Waals surface area contributed by atoms with Crippen molar-refractivity contribution in [2.45, 2.75) is 6.54 Å². The monoisotopic (exact) mass is 367 g/mol. The number of hydrogen-bond donors (Lipinski definition) is 1. The first kappa shape index (κ1) is 15.5. The summed E-state index contributed by atoms with van der Waals surface area (Å²) in [6.07, 6.45) is 0. The first-order valence-electron chi connectivity index (χ1n) is 8.53. The van der Waals surface area contributed by atoms with E-state index in [4.69, 9.17) is 9.47 Å². The van der Waals surface area contributed by atoms with Crippen LogP contribution in [0.2, 0.25) is 0 Å². The summed E-state index contributed by atoms with van der Waals surface area (Å²) in [5.41, 5.74) is 2.02. The summed E-state index contributed by atoms with van der Waals surface area (Å²) >= 11 is 1.67. The molecule has 3 heterocycles. The molecule has 2 aromatic carbocycles. The molecule has 0 aliphatic carbocycles. The van der Waals surface area contributed by atoms with Crippen LogP contribution in [0.15, 0.2) is 42.5 Å². The van der Waals surface area contributed by atoms with Gasteiger partial charge in [0.25, 0.3) is 0 Å². The molecule has 6 nitrogen and oxygen atoms in total. The molecule has 0 saturated carbocycles. The van der Waals surface area contributed by atoms with Crippen LogP contribution in [-0.2, 0) is 11.3 Å². The normalized spacial score (nSPS) is 15.9. The number of benzene rings is 2. The first-order valence-corrected chi connectivity index (χ1v) is 9.35. The Morgan fingerprint density at radius 1 is 1.19 bits per heavy atom. The maximum absolute atomic E-state index is 12.4. The Morgan fingerprint density at radius 3 is 2.92 bits per heavy atom. The van der Waals surface area contributed by atoms with E-state index in [0.29, 0.717) is 19.6 Å². The Morgan fingerprint density at radius 2 is 2.04 bits per heavy atom. The van der Waals surface area contributed by atoms with Gasteiger partial charge < -0.3 is 19.7 Å². The largest absolute Gasteiger partial charge is 0.454 e. The van der Waals surface area contributed by atoms with Gasteiger partial charge in [0.15, 0.2) is 16.6 Å².